The number of nitrogens with one attached hydrogen (secondary N) is 1. The minimum absolute atomic E-state index is 0.165. The van der Waals surface area contributed by atoms with Crippen molar-refractivity contribution in [2.75, 3.05) is 13.2 Å². The lowest BCUT2D eigenvalue weighted by Gasteiger charge is -2.10. The lowest BCUT2D eigenvalue weighted by atomic mass is 10.1. The summed E-state index contributed by atoms with van der Waals surface area (Å²) in [7, 11) is -3.53. The van der Waals surface area contributed by atoms with Gasteiger partial charge in [0, 0.05) is 11.6 Å². The summed E-state index contributed by atoms with van der Waals surface area (Å²) in [6.07, 6.45) is 0. The largest absolute Gasteiger partial charge is 0.492 e. The Morgan fingerprint density at radius 1 is 1.18 bits per heavy atom. The van der Waals surface area contributed by atoms with E-state index in [1.807, 2.05) is 26.0 Å². The average molecular weight is 380 g/mol. The van der Waals surface area contributed by atoms with Crippen LogP contribution in [0, 0.1) is 13.8 Å². The maximum Gasteiger partial charge on any atom is 0.250 e. The van der Waals surface area contributed by atoms with Gasteiger partial charge in [-0.2, -0.15) is 0 Å². The molecular formula is C14H15Cl2NO3S2. The number of aryl methyl sites for hydroxylation is 2. The molecule has 1 heterocycles. The van der Waals surface area contributed by atoms with Crippen LogP contribution in [0.4, 0.5) is 0 Å². The minimum atomic E-state index is -3.53. The molecule has 1 aromatic heterocycles. The molecule has 2 aromatic rings. The molecule has 2 rings (SSSR count). The maximum absolute atomic E-state index is 12.0. The first-order valence-electron chi connectivity index (χ1n) is 6.44. The van der Waals surface area contributed by atoms with Crippen molar-refractivity contribution >= 4 is 44.6 Å². The first-order chi connectivity index (χ1) is 10.3. The van der Waals surface area contributed by atoms with Crippen molar-refractivity contribution in [3.05, 3.63) is 44.8 Å². The molecule has 0 aliphatic carbocycles. The number of sulfonamides is 1. The van der Waals surface area contributed by atoms with Crippen molar-refractivity contribution in [3.63, 3.8) is 0 Å². The van der Waals surface area contributed by atoms with Crippen LogP contribution in [0.25, 0.3) is 0 Å². The van der Waals surface area contributed by atoms with Crippen molar-refractivity contribution in [1.82, 2.24) is 4.72 Å². The Hall–Kier alpha value is -0.790. The molecule has 1 N–H and O–H groups in total. The number of halogens is 2. The Morgan fingerprint density at radius 2 is 1.82 bits per heavy atom. The topological polar surface area (TPSA) is 55.4 Å². The smallest absolute Gasteiger partial charge is 0.250 e. The van der Waals surface area contributed by atoms with Gasteiger partial charge in [0.15, 0.2) is 0 Å². The fourth-order valence-corrected chi connectivity index (χ4v) is 4.50. The van der Waals surface area contributed by atoms with Crippen molar-refractivity contribution in [1.29, 1.82) is 0 Å². The fourth-order valence-electron chi connectivity index (χ4n) is 1.85. The predicted octanol–water partition coefficient (Wildman–Crippen LogP) is 4.03. The zero-order valence-corrected chi connectivity index (χ0v) is 15.2. The van der Waals surface area contributed by atoms with Gasteiger partial charge in [0.05, 0.1) is 4.34 Å². The van der Waals surface area contributed by atoms with E-state index in [1.54, 1.807) is 6.07 Å². The molecule has 0 radical (unpaired) electrons. The van der Waals surface area contributed by atoms with Gasteiger partial charge in [-0.1, -0.05) is 23.2 Å². The van der Waals surface area contributed by atoms with Crippen LogP contribution in [0.15, 0.2) is 28.5 Å². The summed E-state index contributed by atoms with van der Waals surface area (Å²) in [6.45, 7) is 4.17. The van der Waals surface area contributed by atoms with Crippen LogP contribution >= 0.6 is 34.5 Å². The third kappa shape index (κ3) is 4.36. The summed E-state index contributed by atoms with van der Waals surface area (Å²) in [5, 5.41) is 0.711. The maximum atomic E-state index is 12.0. The van der Waals surface area contributed by atoms with E-state index in [2.05, 4.69) is 4.72 Å². The number of ether oxygens (including phenoxy) is 1. The van der Waals surface area contributed by atoms with Crippen LogP contribution in [-0.4, -0.2) is 21.6 Å². The second-order valence-electron chi connectivity index (χ2n) is 4.68. The summed E-state index contributed by atoms with van der Waals surface area (Å²) in [4.78, 5) is 0. The minimum Gasteiger partial charge on any atom is -0.492 e. The van der Waals surface area contributed by atoms with Gasteiger partial charge < -0.3 is 4.74 Å². The summed E-state index contributed by atoms with van der Waals surface area (Å²) < 4.78 is 32.6. The van der Waals surface area contributed by atoms with Gasteiger partial charge in [-0.3, -0.25) is 0 Å². The van der Waals surface area contributed by atoms with Crippen molar-refractivity contribution in [2.24, 2.45) is 0 Å². The lowest BCUT2D eigenvalue weighted by molar-refractivity contribution is 0.322. The number of thiophene rings is 1. The Balaban J connectivity index is 1.90. The molecule has 1 aromatic carbocycles. The predicted molar refractivity (Wildman–Crippen MR) is 90.9 cm³/mol. The van der Waals surface area contributed by atoms with E-state index in [-0.39, 0.29) is 17.4 Å². The highest BCUT2D eigenvalue weighted by molar-refractivity contribution is 7.91. The number of rotatable bonds is 6. The molecule has 0 amide bonds. The van der Waals surface area contributed by atoms with E-state index in [0.717, 1.165) is 22.5 Å². The second-order valence-corrected chi connectivity index (χ2v) is 8.76. The molecule has 0 unspecified atom stereocenters. The molecule has 22 heavy (non-hydrogen) atoms. The standard InChI is InChI=1S/C14H15Cl2NO3S2/c1-9-7-11(8-10(2)14(9)16)20-6-5-17-22(18,19)13-4-3-12(15)21-13/h3-4,7-8,17H,5-6H2,1-2H3. The van der Waals surface area contributed by atoms with Gasteiger partial charge in [-0.25, -0.2) is 13.1 Å². The monoisotopic (exact) mass is 379 g/mol. The van der Waals surface area contributed by atoms with Gasteiger partial charge in [0.25, 0.3) is 0 Å². The molecular weight excluding hydrogens is 365 g/mol. The highest BCUT2D eigenvalue weighted by Crippen LogP contribution is 2.26. The number of hydrogen-bond acceptors (Lipinski definition) is 4. The van der Waals surface area contributed by atoms with E-state index < -0.39 is 10.0 Å². The molecule has 8 heteroatoms. The van der Waals surface area contributed by atoms with Crippen LogP contribution in [0.3, 0.4) is 0 Å². The van der Waals surface area contributed by atoms with Gasteiger partial charge in [0.2, 0.25) is 10.0 Å². The first-order valence-corrected chi connectivity index (χ1v) is 9.50. The highest BCUT2D eigenvalue weighted by Gasteiger charge is 2.15. The fraction of sp³-hybridized carbons (Fsp3) is 0.286. The third-order valence-corrected chi connectivity index (χ3v) is 6.67. The van der Waals surface area contributed by atoms with Crippen LogP contribution in [0.1, 0.15) is 11.1 Å². The molecule has 0 spiro atoms. The zero-order valence-electron chi connectivity index (χ0n) is 12.0. The van der Waals surface area contributed by atoms with Crippen LogP contribution in [-0.2, 0) is 10.0 Å². The van der Waals surface area contributed by atoms with Crippen LogP contribution in [0.5, 0.6) is 5.75 Å². The van der Waals surface area contributed by atoms with Crippen molar-refractivity contribution < 1.29 is 13.2 Å². The Bertz CT molecular complexity index is 749. The molecule has 0 saturated heterocycles. The average Bonchev–Trinajstić information content (AvgIpc) is 2.88. The summed E-state index contributed by atoms with van der Waals surface area (Å²) in [6, 6.07) is 6.67. The van der Waals surface area contributed by atoms with E-state index in [9.17, 15) is 8.42 Å². The van der Waals surface area contributed by atoms with Crippen LogP contribution in [0.2, 0.25) is 9.36 Å². The second kappa shape index (κ2) is 7.19. The van der Waals surface area contributed by atoms with Gasteiger partial charge in [0.1, 0.15) is 16.6 Å². The van der Waals surface area contributed by atoms with Crippen molar-refractivity contribution in [2.45, 2.75) is 18.1 Å². The summed E-state index contributed by atoms with van der Waals surface area (Å²) in [5.74, 6) is 0.665. The molecule has 0 fully saturated rings. The molecule has 0 saturated carbocycles. The SMILES string of the molecule is Cc1cc(OCCNS(=O)(=O)c2ccc(Cl)s2)cc(C)c1Cl. The molecule has 4 nitrogen and oxygen atoms in total. The lowest BCUT2D eigenvalue weighted by Crippen LogP contribution is -2.27. The van der Waals surface area contributed by atoms with E-state index in [4.69, 9.17) is 27.9 Å². The molecule has 0 atom stereocenters. The van der Waals surface area contributed by atoms with E-state index >= 15 is 0 Å². The Labute approximate surface area is 144 Å². The molecule has 0 bridgehead atoms. The number of hydrogen-bond donors (Lipinski definition) is 1. The van der Waals surface area contributed by atoms with Crippen molar-refractivity contribution in [3.8, 4) is 5.75 Å². The normalized spacial score (nSPS) is 11.6. The van der Waals surface area contributed by atoms with E-state index in [0.29, 0.717) is 15.1 Å². The van der Waals surface area contributed by atoms with Gasteiger partial charge in [-0.05, 0) is 49.2 Å². The Morgan fingerprint density at radius 3 is 2.36 bits per heavy atom. The summed E-state index contributed by atoms with van der Waals surface area (Å²) >= 11 is 12.8. The third-order valence-electron chi connectivity index (χ3n) is 2.89. The Kier molecular flexibility index (Phi) is 5.74. The first kappa shape index (κ1) is 17.6. The molecule has 0 aliphatic heterocycles. The van der Waals surface area contributed by atoms with E-state index in [1.165, 1.54) is 6.07 Å². The molecule has 0 aliphatic rings. The van der Waals surface area contributed by atoms with Gasteiger partial charge >= 0.3 is 0 Å². The van der Waals surface area contributed by atoms with Gasteiger partial charge in [-0.15, -0.1) is 11.3 Å². The molecule has 120 valence electrons. The number of benzene rings is 1. The highest BCUT2D eigenvalue weighted by atomic mass is 35.5. The van der Waals surface area contributed by atoms with Crippen LogP contribution < -0.4 is 9.46 Å². The quantitative estimate of drug-likeness (QED) is 0.770. The summed E-state index contributed by atoms with van der Waals surface area (Å²) in [5.41, 5.74) is 1.84. The zero-order chi connectivity index (χ0) is 16.3.